The van der Waals surface area contributed by atoms with Crippen LogP contribution in [0.4, 0.5) is 5.69 Å². The average molecular weight is 539 g/mol. The molecule has 7 nitrogen and oxygen atoms in total. The predicted molar refractivity (Wildman–Crippen MR) is 152 cm³/mol. The van der Waals surface area contributed by atoms with Gasteiger partial charge >= 0.3 is 0 Å². The van der Waals surface area contributed by atoms with Crippen molar-refractivity contribution in [1.29, 1.82) is 0 Å². The molecule has 0 bridgehead atoms. The van der Waals surface area contributed by atoms with Crippen LogP contribution in [0.15, 0.2) is 65.6 Å². The van der Waals surface area contributed by atoms with Gasteiger partial charge in [-0.15, -0.1) is 0 Å². The molecule has 0 saturated heterocycles. The van der Waals surface area contributed by atoms with Crippen molar-refractivity contribution < 1.29 is 22.7 Å². The molecule has 1 amide bonds. The van der Waals surface area contributed by atoms with Gasteiger partial charge in [0, 0.05) is 0 Å². The van der Waals surface area contributed by atoms with Crippen LogP contribution in [-0.2, 0) is 14.8 Å². The Morgan fingerprint density at radius 2 is 1.58 bits per heavy atom. The molecule has 0 heterocycles. The Kier molecular flexibility index (Phi) is 9.44. The van der Waals surface area contributed by atoms with Gasteiger partial charge in [-0.1, -0.05) is 31.5 Å². The van der Waals surface area contributed by atoms with E-state index in [0.29, 0.717) is 18.0 Å². The Morgan fingerprint density at radius 1 is 0.947 bits per heavy atom. The third kappa shape index (κ3) is 6.67. The molecule has 0 radical (unpaired) electrons. The predicted octanol–water partition coefficient (Wildman–Crippen LogP) is 5.91. The second-order valence-electron chi connectivity index (χ2n) is 9.65. The second-order valence-corrected chi connectivity index (χ2v) is 11.5. The molecule has 0 aliphatic rings. The molecule has 8 heteroatoms. The molecular formula is C30H38N2O5S. The van der Waals surface area contributed by atoms with Gasteiger partial charge in [-0.2, -0.15) is 0 Å². The number of hydrogen-bond donors (Lipinski definition) is 1. The molecule has 0 fully saturated rings. The molecule has 38 heavy (non-hydrogen) atoms. The lowest BCUT2D eigenvalue weighted by molar-refractivity contribution is -0.120. The molecule has 204 valence electrons. The van der Waals surface area contributed by atoms with Gasteiger partial charge in [-0.3, -0.25) is 9.10 Å². The average Bonchev–Trinajstić information content (AvgIpc) is 2.87. The molecule has 1 atom stereocenters. The van der Waals surface area contributed by atoms with Gasteiger partial charge in [-0.05, 0) is 98.8 Å². The molecule has 0 aliphatic carbocycles. The van der Waals surface area contributed by atoms with Gasteiger partial charge in [0.1, 0.15) is 18.0 Å². The van der Waals surface area contributed by atoms with Crippen LogP contribution in [0.2, 0.25) is 0 Å². The number of ether oxygens (including phenoxy) is 2. The topological polar surface area (TPSA) is 84.9 Å². The summed E-state index contributed by atoms with van der Waals surface area (Å²) in [6.45, 7) is 11.9. The number of sulfonamides is 1. The van der Waals surface area contributed by atoms with Crippen LogP contribution in [0, 0.1) is 13.8 Å². The third-order valence-electron chi connectivity index (χ3n) is 6.42. The minimum Gasteiger partial charge on any atom is -0.496 e. The van der Waals surface area contributed by atoms with Crippen molar-refractivity contribution in [2.75, 3.05) is 24.6 Å². The van der Waals surface area contributed by atoms with Gasteiger partial charge < -0.3 is 14.8 Å². The van der Waals surface area contributed by atoms with Crippen LogP contribution in [-0.4, -0.2) is 34.6 Å². The van der Waals surface area contributed by atoms with E-state index in [1.807, 2.05) is 45.9 Å². The van der Waals surface area contributed by atoms with E-state index in [4.69, 9.17) is 9.47 Å². The number of benzene rings is 3. The highest BCUT2D eigenvalue weighted by atomic mass is 32.2. The molecule has 3 aromatic carbocycles. The first-order chi connectivity index (χ1) is 18.0. The number of aryl methyl sites for hydroxylation is 2. The molecule has 0 aromatic heterocycles. The Labute approximate surface area is 226 Å². The lowest BCUT2D eigenvalue weighted by Gasteiger charge is -2.26. The number of methoxy groups -OCH3 is 1. The van der Waals surface area contributed by atoms with Gasteiger partial charge in [0.05, 0.1) is 30.3 Å². The summed E-state index contributed by atoms with van der Waals surface area (Å²) in [5.41, 5.74) is 4.39. The van der Waals surface area contributed by atoms with E-state index in [1.54, 1.807) is 31.4 Å². The van der Waals surface area contributed by atoms with Crippen LogP contribution < -0.4 is 19.1 Å². The van der Waals surface area contributed by atoms with E-state index in [-0.39, 0.29) is 23.4 Å². The van der Waals surface area contributed by atoms with Crippen LogP contribution in [0.25, 0.3) is 0 Å². The van der Waals surface area contributed by atoms with E-state index in [0.717, 1.165) is 32.3 Å². The smallest absolute Gasteiger partial charge is 0.264 e. The molecule has 3 rings (SSSR count). The van der Waals surface area contributed by atoms with Gasteiger partial charge in [0.2, 0.25) is 5.91 Å². The van der Waals surface area contributed by atoms with Gasteiger partial charge in [-0.25, -0.2) is 8.42 Å². The first kappa shape index (κ1) is 29.0. The lowest BCUT2D eigenvalue weighted by Crippen LogP contribution is -2.41. The minimum atomic E-state index is -4.03. The SMILES string of the molecule is CCOc1ccc(S(=O)(=O)N(CC(=O)N[C@@H](C)c2cc(C(C)C)c(OC)cc2C)c2ccc(C)cc2)cc1. The monoisotopic (exact) mass is 538 g/mol. The van der Waals surface area contributed by atoms with E-state index in [2.05, 4.69) is 25.2 Å². The van der Waals surface area contributed by atoms with Crippen molar-refractivity contribution in [3.63, 3.8) is 0 Å². The van der Waals surface area contributed by atoms with E-state index >= 15 is 0 Å². The quantitative estimate of drug-likeness (QED) is 0.328. The first-order valence-corrected chi connectivity index (χ1v) is 14.2. The van der Waals surface area contributed by atoms with Crippen LogP contribution in [0.3, 0.4) is 0 Å². The van der Waals surface area contributed by atoms with Crippen LogP contribution >= 0.6 is 0 Å². The zero-order chi connectivity index (χ0) is 28.0. The second kappa shape index (κ2) is 12.3. The minimum absolute atomic E-state index is 0.0787. The Bertz CT molecular complexity index is 1350. The highest BCUT2D eigenvalue weighted by Crippen LogP contribution is 2.32. The number of carbonyl (C=O) groups is 1. The fraction of sp³-hybridized carbons (Fsp3) is 0.367. The summed E-state index contributed by atoms with van der Waals surface area (Å²) in [6.07, 6.45) is 0. The Morgan fingerprint density at radius 3 is 2.13 bits per heavy atom. The summed E-state index contributed by atoms with van der Waals surface area (Å²) in [6, 6.07) is 17.0. The standard InChI is InChI=1S/C30H38N2O5S/c1-8-37-25-13-15-26(16-14-25)38(34,35)32(24-11-9-21(4)10-12-24)19-30(33)31-23(6)28-18-27(20(2)3)29(36-7)17-22(28)5/h9-18,20,23H,8,19H2,1-7H3,(H,31,33)/t23-/m0/s1. The highest BCUT2D eigenvalue weighted by molar-refractivity contribution is 7.92. The number of hydrogen-bond acceptors (Lipinski definition) is 5. The molecular weight excluding hydrogens is 500 g/mol. The number of carbonyl (C=O) groups excluding carboxylic acids is 1. The molecule has 3 aromatic rings. The highest BCUT2D eigenvalue weighted by Gasteiger charge is 2.28. The van der Waals surface area contributed by atoms with Gasteiger partial charge in [0.15, 0.2) is 0 Å². The normalized spacial score (nSPS) is 12.2. The first-order valence-electron chi connectivity index (χ1n) is 12.8. The van der Waals surface area contributed by atoms with Crippen molar-refractivity contribution >= 4 is 21.6 Å². The third-order valence-corrected chi connectivity index (χ3v) is 8.20. The lowest BCUT2D eigenvalue weighted by atomic mass is 9.93. The fourth-order valence-corrected chi connectivity index (χ4v) is 5.75. The molecule has 0 unspecified atom stereocenters. The zero-order valence-corrected chi connectivity index (χ0v) is 24.1. The van der Waals surface area contributed by atoms with Crippen molar-refractivity contribution in [3.05, 3.63) is 82.9 Å². The van der Waals surface area contributed by atoms with Crippen LogP contribution in [0.5, 0.6) is 11.5 Å². The Hall–Kier alpha value is -3.52. The van der Waals surface area contributed by atoms with E-state index < -0.39 is 15.9 Å². The van der Waals surface area contributed by atoms with Crippen molar-refractivity contribution in [2.45, 2.75) is 58.4 Å². The maximum atomic E-state index is 13.7. The van der Waals surface area contributed by atoms with Crippen molar-refractivity contribution in [2.24, 2.45) is 0 Å². The molecule has 0 aliphatic heterocycles. The summed E-state index contributed by atoms with van der Waals surface area (Å²) >= 11 is 0. The number of rotatable bonds is 11. The number of nitrogens with zero attached hydrogens (tertiary/aromatic N) is 1. The van der Waals surface area contributed by atoms with Gasteiger partial charge in [0.25, 0.3) is 10.0 Å². The van der Waals surface area contributed by atoms with E-state index in [1.165, 1.54) is 12.1 Å². The molecule has 0 saturated carbocycles. The number of anilines is 1. The van der Waals surface area contributed by atoms with Crippen molar-refractivity contribution in [3.8, 4) is 11.5 Å². The summed E-state index contributed by atoms with van der Waals surface area (Å²) in [5.74, 6) is 1.22. The largest absolute Gasteiger partial charge is 0.496 e. The fourth-order valence-electron chi connectivity index (χ4n) is 4.33. The maximum Gasteiger partial charge on any atom is 0.264 e. The maximum absolute atomic E-state index is 13.7. The Balaban J connectivity index is 1.90. The summed E-state index contributed by atoms with van der Waals surface area (Å²) in [7, 11) is -2.38. The molecule has 1 N–H and O–H groups in total. The zero-order valence-electron chi connectivity index (χ0n) is 23.2. The molecule has 0 spiro atoms. The van der Waals surface area contributed by atoms with Crippen LogP contribution in [0.1, 0.15) is 61.9 Å². The summed E-state index contributed by atoms with van der Waals surface area (Å²) in [5, 5.41) is 3.00. The summed E-state index contributed by atoms with van der Waals surface area (Å²) in [4.78, 5) is 13.4. The number of nitrogens with one attached hydrogen (secondary N) is 1. The summed E-state index contributed by atoms with van der Waals surface area (Å²) < 4.78 is 39.6. The van der Waals surface area contributed by atoms with E-state index in [9.17, 15) is 13.2 Å². The van der Waals surface area contributed by atoms with Crippen molar-refractivity contribution in [1.82, 2.24) is 5.32 Å². The number of amides is 1.